The summed E-state index contributed by atoms with van der Waals surface area (Å²) in [5.41, 5.74) is 1.98. The number of nitro benzene ring substituents is 2. The molecule has 0 fully saturated rings. The number of nitro groups is 2. The highest BCUT2D eigenvalue weighted by Crippen LogP contribution is 2.45. The molecule has 0 aromatic heterocycles. The van der Waals surface area contributed by atoms with Gasteiger partial charge in [-0.2, -0.15) is 0 Å². The van der Waals surface area contributed by atoms with E-state index in [-0.39, 0.29) is 28.4 Å². The second kappa shape index (κ2) is 7.25. The SMILES string of the molecule is CN1C(=O)/C(=C(/c2ccccc2)c2ccccc2[N+](=O)[O-])c2cc([N+](=O)[O-])ccc21. The van der Waals surface area contributed by atoms with Crippen molar-refractivity contribution in [1.82, 2.24) is 0 Å². The largest absolute Gasteiger partial charge is 0.311 e. The Bertz CT molecular complexity index is 1230. The quantitative estimate of drug-likeness (QED) is 0.365. The number of likely N-dealkylation sites (N-methyl/N-ethyl adjacent to an activating group) is 1. The third-order valence-corrected chi connectivity index (χ3v) is 5.02. The van der Waals surface area contributed by atoms with E-state index in [0.29, 0.717) is 22.4 Å². The highest BCUT2D eigenvalue weighted by molar-refractivity contribution is 6.39. The van der Waals surface area contributed by atoms with Crippen LogP contribution in [0.15, 0.2) is 72.8 Å². The molecule has 148 valence electrons. The maximum Gasteiger partial charge on any atom is 0.277 e. The van der Waals surface area contributed by atoms with Crippen LogP contribution in [0, 0.1) is 20.2 Å². The van der Waals surface area contributed by atoms with Gasteiger partial charge in [-0.25, -0.2) is 0 Å². The first-order valence-corrected chi connectivity index (χ1v) is 9.00. The lowest BCUT2D eigenvalue weighted by atomic mass is 9.89. The number of anilines is 1. The van der Waals surface area contributed by atoms with Gasteiger partial charge in [0.15, 0.2) is 0 Å². The summed E-state index contributed by atoms with van der Waals surface area (Å²) in [6, 6.07) is 19.2. The third-order valence-electron chi connectivity index (χ3n) is 5.02. The summed E-state index contributed by atoms with van der Waals surface area (Å²) in [6.45, 7) is 0. The van der Waals surface area contributed by atoms with E-state index in [1.165, 1.54) is 29.2 Å². The van der Waals surface area contributed by atoms with Crippen LogP contribution in [0.3, 0.4) is 0 Å². The molecule has 4 rings (SSSR count). The maximum absolute atomic E-state index is 13.2. The summed E-state index contributed by atoms with van der Waals surface area (Å²) in [6.07, 6.45) is 0. The number of amides is 1. The second-order valence-corrected chi connectivity index (χ2v) is 6.71. The van der Waals surface area contributed by atoms with Gasteiger partial charge in [-0.1, -0.05) is 42.5 Å². The van der Waals surface area contributed by atoms with E-state index in [0.717, 1.165) is 0 Å². The van der Waals surface area contributed by atoms with Gasteiger partial charge >= 0.3 is 0 Å². The van der Waals surface area contributed by atoms with Crippen molar-refractivity contribution in [1.29, 1.82) is 0 Å². The summed E-state index contributed by atoms with van der Waals surface area (Å²) < 4.78 is 0. The lowest BCUT2D eigenvalue weighted by Crippen LogP contribution is -2.21. The maximum atomic E-state index is 13.2. The van der Waals surface area contributed by atoms with Crippen molar-refractivity contribution in [3.8, 4) is 0 Å². The monoisotopic (exact) mass is 401 g/mol. The Balaban J connectivity index is 2.13. The number of rotatable bonds is 4. The van der Waals surface area contributed by atoms with Crippen LogP contribution < -0.4 is 4.90 Å². The van der Waals surface area contributed by atoms with Gasteiger partial charge in [-0.15, -0.1) is 0 Å². The molecule has 1 amide bonds. The highest BCUT2D eigenvalue weighted by Gasteiger charge is 2.36. The van der Waals surface area contributed by atoms with Crippen molar-refractivity contribution in [2.75, 3.05) is 11.9 Å². The molecule has 1 heterocycles. The standard InChI is InChI=1S/C22H15N3O5/c1-23-18-12-11-15(24(27)28)13-17(18)21(22(23)26)20(14-7-3-2-4-8-14)16-9-5-6-10-19(16)25(29)30/h2-13H,1H3/b21-20-. The zero-order chi connectivity index (χ0) is 21.4. The normalized spacial score (nSPS) is 14.4. The van der Waals surface area contributed by atoms with Crippen LogP contribution in [0.5, 0.6) is 0 Å². The summed E-state index contributed by atoms with van der Waals surface area (Å²) in [5.74, 6) is -0.387. The van der Waals surface area contributed by atoms with Gasteiger partial charge in [0.25, 0.3) is 17.3 Å². The first kappa shape index (κ1) is 19.0. The van der Waals surface area contributed by atoms with Crippen LogP contribution >= 0.6 is 0 Å². The van der Waals surface area contributed by atoms with Gasteiger partial charge in [0.2, 0.25) is 0 Å². The van der Waals surface area contributed by atoms with Crippen LogP contribution in [0.25, 0.3) is 11.1 Å². The van der Waals surface area contributed by atoms with Crippen LogP contribution in [-0.2, 0) is 4.79 Å². The predicted octanol–water partition coefficient (Wildman–Crippen LogP) is 4.44. The molecule has 0 spiro atoms. The molecule has 1 aliphatic rings. The number of para-hydroxylation sites is 1. The molecule has 0 unspecified atom stereocenters. The van der Waals surface area contributed by atoms with Crippen molar-refractivity contribution in [3.63, 3.8) is 0 Å². The molecule has 0 saturated heterocycles. The van der Waals surface area contributed by atoms with E-state index >= 15 is 0 Å². The fraction of sp³-hybridized carbons (Fsp3) is 0.0455. The Morgan fingerprint density at radius 2 is 1.53 bits per heavy atom. The lowest BCUT2D eigenvalue weighted by Gasteiger charge is -2.13. The molecule has 0 N–H and O–H groups in total. The highest BCUT2D eigenvalue weighted by atomic mass is 16.6. The minimum absolute atomic E-state index is 0.154. The van der Waals surface area contributed by atoms with Crippen molar-refractivity contribution in [2.24, 2.45) is 0 Å². The Labute approximate surface area is 171 Å². The summed E-state index contributed by atoms with van der Waals surface area (Å²) >= 11 is 0. The van der Waals surface area contributed by atoms with Crippen LogP contribution in [0.4, 0.5) is 17.1 Å². The Kier molecular flexibility index (Phi) is 4.59. The fourth-order valence-electron chi connectivity index (χ4n) is 3.65. The Morgan fingerprint density at radius 3 is 2.20 bits per heavy atom. The first-order valence-electron chi connectivity index (χ1n) is 9.00. The lowest BCUT2D eigenvalue weighted by molar-refractivity contribution is -0.385. The first-order chi connectivity index (χ1) is 14.4. The van der Waals surface area contributed by atoms with Gasteiger partial charge < -0.3 is 4.90 Å². The molecule has 0 bridgehead atoms. The van der Waals surface area contributed by atoms with Crippen molar-refractivity contribution >= 4 is 34.1 Å². The van der Waals surface area contributed by atoms with Crippen molar-refractivity contribution < 1.29 is 14.6 Å². The molecule has 8 heteroatoms. The van der Waals surface area contributed by atoms with Crippen LogP contribution in [0.1, 0.15) is 16.7 Å². The fourth-order valence-corrected chi connectivity index (χ4v) is 3.65. The average molecular weight is 401 g/mol. The molecule has 3 aromatic carbocycles. The summed E-state index contributed by atoms with van der Waals surface area (Å²) in [4.78, 5) is 36.6. The topological polar surface area (TPSA) is 107 Å². The van der Waals surface area contributed by atoms with Gasteiger partial charge in [-0.3, -0.25) is 25.0 Å². The van der Waals surface area contributed by atoms with Crippen LogP contribution in [-0.4, -0.2) is 22.8 Å². The van der Waals surface area contributed by atoms with Gasteiger partial charge in [-0.05, 0) is 17.7 Å². The van der Waals surface area contributed by atoms with Gasteiger partial charge in [0, 0.05) is 36.4 Å². The zero-order valence-corrected chi connectivity index (χ0v) is 15.8. The zero-order valence-electron chi connectivity index (χ0n) is 15.8. The number of non-ortho nitro benzene ring substituents is 1. The Morgan fingerprint density at radius 1 is 0.867 bits per heavy atom. The predicted molar refractivity (Wildman–Crippen MR) is 112 cm³/mol. The molecule has 8 nitrogen and oxygen atoms in total. The molecular formula is C22H15N3O5. The number of nitrogens with zero attached hydrogens (tertiary/aromatic N) is 3. The van der Waals surface area contributed by atoms with E-state index in [2.05, 4.69) is 0 Å². The molecule has 1 aliphatic heterocycles. The average Bonchev–Trinajstić information content (AvgIpc) is 3.00. The Hall–Kier alpha value is -4.33. The van der Waals surface area contributed by atoms with Crippen molar-refractivity contribution in [3.05, 3.63) is 110 Å². The number of hydrogen-bond acceptors (Lipinski definition) is 5. The summed E-state index contributed by atoms with van der Waals surface area (Å²) in [5, 5.41) is 23.0. The minimum Gasteiger partial charge on any atom is -0.311 e. The molecule has 30 heavy (non-hydrogen) atoms. The van der Waals surface area contributed by atoms with E-state index in [1.807, 2.05) is 0 Å². The van der Waals surface area contributed by atoms with Gasteiger partial charge in [0.05, 0.1) is 26.7 Å². The molecule has 0 radical (unpaired) electrons. The van der Waals surface area contributed by atoms with Crippen molar-refractivity contribution in [2.45, 2.75) is 0 Å². The second-order valence-electron chi connectivity index (χ2n) is 6.71. The number of hydrogen-bond donors (Lipinski definition) is 0. The van der Waals surface area contributed by atoms with E-state index in [9.17, 15) is 25.0 Å². The van der Waals surface area contributed by atoms with Crippen LogP contribution in [0.2, 0.25) is 0 Å². The number of carbonyl (C=O) groups is 1. The molecule has 0 aliphatic carbocycles. The molecule has 0 saturated carbocycles. The van der Waals surface area contributed by atoms with E-state index in [1.54, 1.807) is 55.6 Å². The molecule has 0 atom stereocenters. The minimum atomic E-state index is -0.534. The third kappa shape index (κ3) is 3.00. The molecular weight excluding hydrogens is 386 g/mol. The molecule has 3 aromatic rings. The van der Waals surface area contributed by atoms with E-state index in [4.69, 9.17) is 0 Å². The number of fused-ring (bicyclic) bond motifs is 1. The number of benzene rings is 3. The smallest absolute Gasteiger partial charge is 0.277 e. The van der Waals surface area contributed by atoms with E-state index < -0.39 is 9.85 Å². The number of carbonyl (C=O) groups excluding carboxylic acids is 1. The van der Waals surface area contributed by atoms with Gasteiger partial charge in [0.1, 0.15) is 0 Å². The summed E-state index contributed by atoms with van der Waals surface area (Å²) in [7, 11) is 1.57.